The summed E-state index contributed by atoms with van der Waals surface area (Å²) < 4.78 is 33.2. The van der Waals surface area contributed by atoms with E-state index < -0.39 is 6.43 Å². The van der Waals surface area contributed by atoms with Crippen molar-refractivity contribution in [1.29, 1.82) is 0 Å². The molecule has 0 aliphatic carbocycles. The Labute approximate surface area is 213 Å². The molecule has 2 aliphatic heterocycles. The molecule has 0 radical (unpaired) electrons. The Hall–Kier alpha value is -3.67. The monoisotopic (exact) mass is 512 g/mol. The number of piperazine rings is 2. The van der Waals surface area contributed by atoms with E-state index in [4.69, 9.17) is 4.74 Å². The number of benzene rings is 1. The standard InChI is InChI=1S/C25H30F2N8O2/c1-15(2)19-12-28-25(36)20-13-33(10-11-34(19)20)22-8-9-23(31-30-22)37-14-21-16(3)29-32-35(21)18-6-4-17(5-7-18)24(26)27/h4-9,15,19-20,24H,10-14H2,1-3H3,(H,28,36)/t19?,20-/m0/s1. The van der Waals surface area contributed by atoms with Crippen LogP contribution in [0.1, 0.15) is 37.2 Å². The maximum Gasteiger partial charge on any atom is 0.263 e. The lowest BCUT2D eigenvalue weighted by Crippen LogP contribution is -2.68. The zero-order valence-electron chi connectivity index (χ0n) is 21.0. The van der Waals surface area contributed by atoms with Crippen molar-refractivity contribution in [3.05, 3.63) is 53.3 Å². The predicted octanol–water partition coefficient (Wildman–Crippen LogP) is 2.53. The molecule has 196 valence electrons. The molecule has 4 heterocycles. The van der Waals surface area contributed by atoms with Crippen molar-refractivity contribution < 1.29 is 18.3 Å². The fourth-order valence-electron chi connectivity index (χ4n) is 4.91. The number of hydrogen-bond donors (Lipinski definition) is 1. The van der Waals surface area contributed by atoms with Gasteiger partial charge in [-0.25, -0.2) is 13.5 Å². The van der Waals surface area contributed by atoms with Gasteiger partial charge in [-0.1, -0.05) is 31.2 Å². The number of ether oxygens (including phenoxy) is 1. The third-order valence-corrected chi connectivity index (χ3v) is 7.06. The highest BCUT2D eigenvalue weighted by Crippen LogP contribution is 2.25. The molecule has 1 amide bonds. The van der Waals surface area contributed by atoms with Crippen LogP contribution in [-0.2, 0) is 11.4 Å². The lowest BCUT2D eigenvalue weighted by atomic mass is 9.95. The van der Waals surface area contributed by atoms with Crippen LogP contribution in [0, 0.1) is 12.8 Å². The summed E-state index contributed by atoms with van der Waals surface area (Å²) in [5.74, 6) is 1.53. The molecular formula is C25H30F2N8O2. The number of aromatic nitrogens is 5. The van der Waals surface area contributed by atoms with Crippen LogP contribution in [-0.4, -0.2) is 74.3 Å². The highest BCUT2D eigenvalue weighted by molar-refractivity contribution is 5.83. The van der Waals surface area contributed by atoms with E-state index in [2.05, 4.69) is 49.5 Å². The summed E-state index contributed by atoms with van der Waals surface area (Å²) in [6, 6.07) is 9.58. The van der Waals surface area contributed by atoms with Crippen molar-refractivity contribution >= 4 is 11.7 Å². The lowest BCUT2D eigenvalue weighted by Gasteiger charge is -2.48. The summed E-state index contributed by atoms with van der Waals surface area (Å²) in [7, 11) is 0. The van der Waals surface area contributed by atoms with Crippen LogP contribution in [0.15, 0.2) is 36.4 Å². The molecule has 1 aromatic carbocycles. The third kappa shape index (κ3) is 5.10. The van der Waals surface area contributed by atoms with E-state index in [9.17, 15) is 13.6 Å². The zero-order chi connectivity index (χ0) is 26.1. The van der Waals surface area contributed by atoms with Crippen LogP contribution < -0.4 is 15.0 Å². The first-order valence-corrected chi connectivity index (χ1v) is 12.4. The van der Waals surface area contributed by atoms with E-state index in [1.54, 1.807) is 29.8 Å². The molecule has 3 aromatic rings. The van der Waals surface area contributed by atoms with E-state index in [0.29, 0.717) is 53.8 Å². The summed E-state index contributed by atoms with van der Waals surface area (Å²) >= 11 is 0. The van der Waals surface area contributed by atoms with Crippen molar-refractivity contribution in [2.24, 2.45) is 5.92 Å². The maximum absolute atomic E-state index is 12.9. The topological polar surface area (TPSA) is 101 Å². The van der Waals surface area contributed by atoms with Gasteiger partial charge in [0.1, 0.15) is 18.3 Å². The molecule has 5 rings (SSSR count). The van der Waals surface area contributed by atoms with Crippen molar-refractivity contribution in [1.82, 2.24) is 35.4 Å². The normalized spacial score (nSPS) is 20.3. The number of halogens is 2. The van der Waals surface area contributed by atoms with E-state index in [0.717, 1.165) is 13.1 Å². The first-order valence-electron chi connectivity index (χ1n) is 12.4. The molecule has 37 heavy (non-hydrogen) atoms. The Bertz CT molecular complexity index is 1230. The van der Waals surface area contributed by atoms with Crippen LogP contribution >= 0.6 is 0 Å². The minimum Gasteiger partial charge on any atom is -0.470 e. The molecule has 2 aromatic heterocycles. The highest BCUT2D eigenvalue weighted by atomic mass is 19.3. The second-order valence-corrected chi connectivity index (χ2v) is 9.70. The first-order chi connectivity index (χ1) is 17.8. The molecular weight excluding hydrogens is 482 g/mol. The smallest absolute Gasteiger partial charge is 0.263 e. The van der Waals surface area contributed by atoms with Gasteiger partial charge in [0.05, 0.1) is 11.4 Å². The number of fused-ring (bicyclic) bond motifs is 1. The van der Waals surface area contributed by atoms with Gasteiger partial charge in [0, 0.05) is 43.9 Å². The quantitative estimate of drug-likeness (QED) is 0.516. The van der Waals surface area contributed by atoms with Gasteiger partial charge in [-0.2, -0.15) is 0 Å². The number of amides is 1. The number of aryl methyl sites for hydroxylation is 1. The fraction of sp³-hybridized carbons (Fsp3) is 0.480. The van der Waals surface area contributed by atoms with Crippen LogP contribution in [0.4, 0.5) is 14.6 Å². The number of rotatable bonds is 7. The van der Waals surface area contributed by atoms with Gasteiger partial charge < -0.3 is 15.0 Å². The number of nitrogens with zero attached hydrogens (tertiary/aromatic N) is 7. The Kier molecular flexibility index (Phi) is 7.00. The van der Waals surface area contributed by atoms with Crippen molar-refractivity contribution in [2.75, 3.05) is 31.1 Å². The summed E-state index contributed by atoms with van der Waals surface area (Å²) in [5.41, 5.74) is 1.88. The fourth-order valence-corrected chi connectivity index (χ4v) is 4.91. The van der Waals surface area contributed by atoms with E-state index >= 15 is 0 Å². The number of anilines is 1. The summed E-state index contributed by atoms with van der Waals surface area (Å²) in [5, 5.41) is 19.8. The molecule has 2 saturated heterocycles. The largest absolute Gasteiger partial charge is 0.470 e. The van der Waals surface area contributed by atoms with Gasteiger partial charge >= 0.3 is 0 Å². The Balaban J connectivity index is 1.24. The molecule has 1 N–H and O–H groups in total. The second-order valence-electron chi connectivity index (χ2n) is 9.70. The zero-order valence-corrected chi connectivity index (χ0v) is 21.0. The van der Waals surface area contributed by atoms with Crippen LogP contribution in [0.5, 0.6) is 5.88 Å². The second kappa shape index (κ2) is 10.4. The Morgan fingerprint density at radius 2 is 1.86 bits per heavy atom. The highest BCUT2D eigenvalue weighted by Gasteiger charge is 2.41. The molecule has 1 unspecified atom stereocenters. The predicted molar refractivity (Wildman–Crippen MR) is 132 cm³/mol. The van der Waals surface area contributed by atoms with E-state index in [1.165, 1.54) is 12.1 Å². The lowest BCUT2D eigenvalue weighted by molar-refractivity contribution is -0.132. The maximum atomic E-state index is 12.9. The van der Waals surface area contributed by atoms with Gasteiger partial charge in [-0.05, 0) is 31.0 Å². The number of carbonyl (C=O) groups excluding carboxylic acids is 1. The molecule has 10 nitrogen and oxygen atoms in total. The van der Waals surface area contributed by atoms with E-state index in [-0.39, 0.29) is 24.1 Å². The molecule has 0 spiro atoms. The summed E-state index contributed by atoms with van der Waals surface area (Å²) in [4.78, 5) is 16.9. The van der Waals surface area contributed by atoms with E-state index in [1.807, 2.05) is 6.07 Å². The minimum atomic E-state index is -2.53. The van der Waals surface area contributed by atoms with Gasteiger partial charge in [0.25, 0.3) is 6.43 Å². The summed E-state index contributed by atoms with van der Waals surface area (Å²) in [6.07, 6.45) is -2.53. The molecule has 0 saturated carbocycles. The molecule has 12 heteroatoms. The Morgan fingerprint density at radius 3 is 2.54 bits per heavy atom. The van der Waals surface area contributed by atoms with Crippen LogP contribution in [0.2, 0.25) is 0 Å². The van der Waals surface area contributed by atoms with Gasteiger partial charge in [0.15, 0.2) is 5.82 Å². The average molecular weight is 513 g/mol. The number of alkyl halides is 2. The number of carbonyl (C=O) groups is 1. The van der Waals surface area contributed by atoms with Crippen LogP contribution in [0.3, 0.4) is 0 Å². The van der Waals surface area contributed by atoms with Gasteiger partial charge in [0.2, 0.25) is 11.8 Å². The number of hydrogen-bond acceptors (Lipinski definition) is 8. The Morgan fingerprint density at radius 1 is 1.08 bits per heavy atom. The van der Waals surface area contributed by atoms with Gasteiger partial charge in [-0.3, -0.25) is 9.69 Å². The van der Waals surface area contributed by atoms with Crippen molar-refractivity contribution in [3.63, 3.8) is 0 Å². The molecule has 0 bridgehead atoms. The third-order valence-electron chi connectivity index (χ3n) is 7.06. The van der Waals surface area contributed by atoms with Crippen molar-refractivity contribution in [2.45, 2.75) is 45.9 Å². The number of nitrogens with one attached hydrogen (secondary N) is 1. The minimum absolute atomic E-state index is 0.0546. The van der Waals surface area contributed by atoms with Gasteiger partial charge in [-0.15, -0.1) is 15.3 Å². The average Bonchev–Trinajstić information content (AvgIpc) is 3.27. The first kappa shape index (κ1) is 25.0. The summed E-state index contributed by atoms with van der Waals surface area (Å²) in [6.45, 7) is 9.08. The van der Waals surface area contributed by atoms with Crippen molar-refractivity contribution in [3.8, 4) is 11.6 Å². The van der Waals surface area contributed by atoms with Crippen LogP contribution in [0.25, 0.3) is 5.69 Å². The molecule has 2 fully saturated rings. The SMILES string of the molecule is Cc1nnn(-c2ccc(C(F)F)cc2)c1COc1ccc(N2CCN3C(C(C)C)CNC(=O)[C@@H]3C2)nn1. The molecule has 2 aliphatic rings. The molecule has 2 atom stereocenters.